The number of nitrogen functional groups attached to an aromatic ring is 1. The molecule has 0 bridgehead atoms. The Bertz CT molecular complexity index is 436. The van der Waals surface area contributed by atoms with Gasteiger partial charge in [0.2, 0.25) is 0 Å². The Morgan fingerprint density at radius 1 is 1.28 bits per heavy atom. The third-order valence-corrected chi connectivity index (χ3v) is 3.44. The van der Waals surface area contributed by atoms with Gasteiger partial charge in [-0.25, -0.2) is 0 Å². The van der Waals surface area contributed by atoms with Crippen LogP contribution in [0.25, 0.3) is 0 Å². The third-order valence-electron chi connectivity index (χ3n) is 3.44. The van der Waals surface area contributed by atoms with Crippen LogP contribution in [0.5, 0.6) is 0 Å². The summed E-state index contributed by atoms with van der Waals surface area (Å²) in [6.45, 7) is 3.57. The molecule has 0 radical (unpaired) electrons. The molecule has 1 aromatic rings. The number of piperidine rings is 1. The van der Waals surface area contributed by atoms with Crippen molar-refractivity contribution in [2.45, 2.75) is 31.9 Å². The smallest absolute Gasteiger partial charge is 0.250 e. The zero-order valence-electron chi connectivity index (χ0n) is 10.6. The van der Waals surface area contributed by atoms with E-state index in [1.165, 1.54) is 6.07 Å². The van der Waals surface area contributed by atoms with Gasteiger partial charge >= 0.3 is 0 Å². The van der Waals surface area contributed by atoms with Crippen molar-refractivity contribution in [3.05, 3.63) is 28.7 Å². The topological polar surface area (TPSA) is 71.5 Å². The fourth-order valence-corrected chi connectivity index (χ4v) is 2.33. The number of hydrogen-bond donors (Lipinski definition) is 2. The van der Waals surface area contributed by atoms with Crippen LogP contribution in [-0.2, 0) is 6.54 Å². The second-order valence-corrected chi connectivity index (χ2v) is 4.92. The molecular weight excluding hydrogens is 230 g/mol. The second-order valence-electron chi connectivity index (χ2n) is 4.92. The maximum Gasteiger partial charge on any atom is 0.250 e. The van der Waals surface area contributed by atoms with Crippen molar-refractivity contribution in [3.63, 3.8) is 0 Å². The number of rotatable bonds is 4. The van der Waals surface area contributed by atoms with Crippen molar-refractivity contribution in [2.24, 2.45) is 0 Å². The molecule has 2 rings (SSSR count). The first-order valence-corrected chi connectivity index (χ1v) is 6.51. The molecule has 0 aliphatic carbocycles. The molecule has 0 amide bonds. The maximum atomic E-state index is 11.6. The van der Waals surface area contributed by atoms with Gasteiger partial charge in [0.05, 0.1) is 6.10 Å². The van der Waals surface area contributed by atoms with E-state index in [2.05, 4.69) is 4.90 Å². The van der Waals surface area contributed by atoms with E-state index in [0.29, 0.717) is 12.2 Å². The molecule has 3 N–H and O–H groups in total. The number of aryl methyl sites for hydroxylation is 1. The molecular formula is C13H21N3O2. The highest BCUT2D eigenvalue weighted by molar-refractivity contribution is 5.33. The van der Waals surface area contributed by atoms with E-state index < -0.39 is 0 Å². The molecule has 1 fully saturated rings. The Balaban J connectivity index is 1.78. The minimum atomic E-state index is -0.127. The highest BCUT2D eigenvalue weighted by Gasteiger charge is 2.16. The Morgan fingerprint density at radius 3 is 2.72 bits per heavy atom. The largest absolute Gasteiger partial charge is 0.398 e. The molecule has 0 aromatic carbocycles. The summed E-state index contributed by atoms with van der Waals surface area (Å²) < 4.78 is 1.66. The van der Waals surface area contributed by atoms with Crippen molar-refractivity contribution >= 4 is 5.69 Å². The van der Waals surface area contributed by atoms with Gasteiger partial charge in [0.15, 0.2) is 0 Å². The molecule has 0 atom stereocenters. The normalized spacial score (nSPS) is 18.1. The highest BCUT2D eigenvalue weighted by atomic mass is 16.3. The van der Waals surface area contributed by atoms with Gasteiger partial charge in [-0.15, -0.1) is 0 Å². The van der Waals surface area contributed by atoms with E-state index in [1.807, 2.05) is 0 Å². The first-order chi connectivity index (χ1) is 8.65. The predicted octanol–water partition coefficient (Wildman–Crippen LogP) is 0.277. The van der Waals surface area contributed by atoms with E-state index in [4.69, 9.17) is 5.73 Å². The van der Waals surface area contributed by atoms with Gasteiger partial charge in [0.1, 0.15) is 0 Å². The molecule has 5 heteroatoms. The van der Waals surface area contributed by atoms with Crippen molar-refractivity contribution in [1.82, 2.24) is 9.47 Å². The average Bonchev–Trinajstić information content (AvgIpc) is 2.36. The molecule has 0 unspecified atom stereocenters. The number of hydrogen-bond acceptors (Lipinski definition) is 4. The second kappa shape index (κ2) is 6.02. The lowest BCUT2D eigenvalue weighted by Gasteiger charge is -2.29. The first kappa shape index (κ1) is 13.1. The molecule has 1 aliphatic heterocycles. The number of likely N-dealkylation sites (tertiary alicyclic amines) is 1. The van der Waals surface area contributed by atoms with E-state index in [9.17, 15) is 9.90 Å². The molecule has 1 aromatic heterocycles. The quantitative estimate of drug-likeness (QED) is 0.806. The third kappa shape index (κ3) is 3.58. The molecule has 100 valence electrons. The SMILES string of the molecule is Nc1ccc(=O)n(CCCN2CCC(O)CC2)c1. The lowest BCUT2D eigenvalue weighted by atomic mass is 10.1. The number of aliphatic hydroxyl groups is 1. The summed E-state index contributed by atoms with van der Waals surface area (Å²) in [4.78, 5) is 13.9. The summed E-state index contributed by atoms with van der Waals surface area (Å²) in [5.74, 6) is 0. The van der Waals surface area contributed by atoms with Gasteiger partial charge in [-0.3, -0.25) is 4.79 Å². The van der Waals surface area contributed by atoms with Crippen LogP contribution in [0, 0.1) is 0 Å². The van der Waals surface area contributed by atoms with E-state index in [-0.39, 0.29) is 11.7 Å². The predicted molar refractivity (Wildman–Crippen MR) is 71.4 cm³/mol. The summed E-state index contributed by atoms with van der Waals surface area (Å²) in [7, 11) is 0. The van der Waals surface area contributed by atoms with Crippen molar-refractivity contribution in [1.29, 1.82) is 0 Å². The van der Waals surface area contributed by atoms with Gasteiger partial charge in [0.25, 0.3) is 5.56 Å². The summed E-state index contributed by atoms with van der Waals surface area (Å²) in [6.07, 6.45) is 4.22. The standard InChI is InChI=1S/C13H21N3O2/c14-11-2-3-13(18)16(10-11)7-1-6-15-8-4-12(17)5-9-15/h2-3,10,12,17H,1,4-9,14H2. The Morgan fingerprint density at radius 2 is 2.00 bits per heavy atom. The van der Waals surface area contributed by atoms with Crippen molar-refractivity contribution in [3.8, 4) is 0 Å². The number of aliphatic hydroxyl groups excluding tert-OH is 1. The van der Waals surface area contributed by atoms with Gasteiger partial charge in [0, 0.05) is 37.6 Å². The molecule has 0 spiro atoms. The summed E-state index contributed by atoms with van der Waals surface area (Å²) in [6, 6.07) is 3.14. The lowest BCUT2D eigenvalue weighted by molar-refractivity contribution is 0.0815. The maximum absolute atomic E-state index is 11.6. The van der Waals surface area contributed by atoms with Crippen LogP contribution in [-0.4, -0.2) is 40.3 Å². The minimum Gasteiger partial charge on any atom is -0.398 e. The number of nitrogens with two attached hydrogens (primary N) is 1. The summed E-state index contributed by atoms with van der Waals surface area (Å²) in [5.41, 5.74) is 6.28. The van der Waals surface area contributed by atoms with Crippen molar-refractivity contribution in [2.75, 3.05) is 25.4 Å². The minimum absolute atomic E-state index is 0.00161. The van der Waals surface area contributed by atoms with Gasteiger partial charge in [-0.05, 0) is 31.9 Å². The van der Waals surface area contributed by atoms with Gasteiger partial charge in [-0.1, -0.05) is 0 Å². The van der Waals surface area contributed by atoms with E-state index in [0.717, 1.165) is 38.9 Å². The lowest BCUT2D eigenvalue weighted by Crippen LogP contribution is -2.36. The van der Waals surface area contributed by atoms with Crippen LogP contribution in [0.1, 0.15) is 19.3 Å². The number of aromatic nitrogens is 1. The van der Waals surface area contributed by atoms with Crippen LogP contribution < -0.4 is 11.3 Å². The molecule has 1 saturated heterocycles. The summed E-state index contributed by atoms with van der Waals surface area (Å²) >= 11 is 0. The molecule has 0 saturated carbocycles. The van der Waals surface area contributed by atoms with Crippen LogP contribution in [0.4, 0.5) is 5.69 Å². The fourth-order valence-electron chi connectivity index (χ4n) is 2.33. The highest BCUT2D eigenvalue weighted by Crippen LogP contribution is 2.10. The van der Waals surface area contributed by atoms with Crippen LogP contribution in [0.3, 0.4) is 0 Å². The van der Waals surface area contributed by atoms with Crippen molar-refractivity contribution < 1.29 is 5.11 Å². The zero-order valence-corrected chi connectivity index (χ0v) is 10.6. The van der Waals surface area contributed by atoms with Gasteiger partial charge < -0.3 is 20.3 Å². The Hall–Kier alpha value is -1.33. The number of anilines is 1. The summed E-state index contributed by atoms with van der Waals surface area (Å²) in [5, 5.41) is 9.41. The average molecular weight is 251 g/mol. The number of nitrogens with zero attached hydrogens (tertiary/aromatic N) is 2. The first-order valence-electron chi connectivity index (χ1n) is 6.51. The molecule has 2 heterocycles. The van der Waals surface area contributed by atoms with Crippen LogP contribution in [0.15, 0.2) is 23.1 Å². The zero-order chi connectivity index (χ0) is 13.0. The van der Waals surface area contributed by atoms with Crippen LogP contribution in [0.2, 0.25) is 0 Å². The van der Waals surface area contributed by atoms with Crippen LogP contribution >= 0.6 is 0 Å². The molecule has 18 heavy (non-hydrogen) atoms. The fraction of sp³-hybridized carbons (Fsp3) is 0.615. The van der Waals surface area contributed by atoms with Gasteiger partial charge in [-0.2, -0.15) is 0 Å². The van der Waals surface area contributed by atoms with E-state index in [1.54, 1.807) is 16.8 Å². The Labute approximate surface area is 107 Å². The van der Waals surface area contributed by atoms with E-state index >= 15 is 0 Å². The molecule has 1 aliphatic rings. The number of pyridine rings is 1. The Kier molecular flexibility index (Phi) is 4.38. The molecule has 5 nitrogen and oxygen atoms in total. The monoisotopic (exact) mass is 251 g/mol.